The lowest BCUT2D eigenvalue weighted by Gasteiger charge is -2.11. The van der Waals surface area contributed by atoms with Crippen LogP contribution in [0, 0.1) is 0 Å². The van der Waals surface area contributed by atoms with Gasteiger partial charge in [-0.15, -0.1) is 5.10 Å². The van der Waals surface area contributed by atoms with E-state index in [0.717, 1.165) is 29.8 Å². The minimum atomic E-state index is 0.920. The molecule has 0 radical (unpaired) electrons. The minimum Gasteiger partial charge on any atom is -0.270 e. The van der Waals surface area contributed by atoms with Crippen molar-refractivity contribution in [3.63, 3.8) is 0 Å². The summed E-state index contributed by atoms with van der Waals surface area (Å²) in [5.41, 5.74) is 1.99. The number of aliphatic imine (C=N–C) groups is 1. The standard InChI is InChI=1S/C11H12N4/c1-2-6-10-9(5-1)13-14-15(10)11-7-3-4-8-12-11/h1-2,5-6H,3-4,7-8H2. The van der Waals surface area contributed by atoms with Crippen molar-refractivity contribution in [2.45, 2.75) is 19.3 Å². The Kier molecular flexibility index (Phi) is 1.98. The average molecular weight is 200 g/mol. The number of hydrogen-bond donors (Lipinski definition) is 0. The van der Waals surface area contributed by atoms with Gasteiger partial charge in [0.15, 0.2) is 0 Å². The highest BCUT2D eigenvalue weighted by Gasteiger charge is 2.11. The molecule has 0 spiro atoms. The number of aromatic nitrogens is 3. The number of hydrogen-bond acceptors (Lipinski definition) is 3. The summed E-state index contributed by atoms with van der Waals surface area (Å²) in [5.74, 6) is 1.05. The molecular weight excluding hydrogens is 188 g/mol. The lowest BCUT2D eigenvalue weighted by Crippen LogP contribution is -2.17. The van der Waals surface area contributed by atoms with Gasteiger partial charge in [0.25, 0.3) is 0 Å². The van der Waals surface area contributed by atoms with E-state index in [-0.39, 0.29) is 0 Å². The Labute approximate surface area is 87.6 Å². The quantitative estimate of drug-likeness (QED) is 0.651. The second-order valence-corrected chi connectivity index (χ2v) is 3.75. The van der Waals surface area contributed by atoms with Crippen LogP contribution in [0.1, 0.15) is 19.3 Å². The second-order valence-electron chi connectivity index (χ2n) is 3.75. The molecule has 0 saturated heterocycles. The van der Waals surface area contributed by atoms with Gasteiger partial charge in [-0.25, -0.2) is 0 Å². The average Bonchev–Trinajstić information content (AvgIpc) is 2.74. The highest BCUT2D eigenvalue weighted by atomic mass is 15.4. The SMILES string of the molecule is c1ccc2c(c1)nnn2C1=NCCCC1. The molecule has 76 valence electrons. The van der Waals surface area contributed by atoms with Crippen LogP contribution in [0.25, 0.3) is 11.0 Å². The first-order valence-corrected chi connectivity index (χ1v) is 5.29. The zero-order chi connectivity index (χ0) is 10.1. The fourth-order valence-electron chi connectivity index (χ4n) is 1.91. The first-order chi connectivity index (χ1) is 7.45. The number of benzene rings is 1. The van der Waals surface area contributed by atoms with Crippen LogP contribution < -0.4 is 0 Å². The van der Waals surface area contributed by atoms with Gasteiger partial charge in [-0.2, -0.15) is 4.68 Å². The monoisotopic (exact) mass is 200 g/mol. The van der Waals surface area contributed by atoms with Crippen LogP contribution in [0.2, 0.25) is 0 Å². The molecule has 0 bridgehead atoms. The Hall–Kier alpha value is -1.71. The molecular formula is C11H12N4. The summed E-state index contributed by atoms with van der Waals surface area (Å²) in [7, 11) is 0. The Morgan fingerprint density at radius 2 is 2.07 bits per heavy atom. The normalized spacial score (nSPS) is 16.7. The van der Waals surface area contributed by atoms with E-state index in [4.69, 9.17) is 0 Å². The van der Waals surface area contributed by atoms with E-state index in [2.05, 4.69) is 15.3 Å². The van der Waals surface area contributed by atoms with Crippen LogP contribution in [0.5, 0.6) is 0 Å². The molecule has 1 aliphatic rings. The molecule has 3 rings (SSSR count). The topological polar surface area (TPSA) is 43.1 Å². The molecule has 4 heteroatoms. The molecule has 4 nitrogen and oxygen atoms in total. The molecule has 2 heterocycles. The first kappa shape index (κ1) is 8.59. The first-order valence-electron chi connectivity index (χ1n) is 5.29. The number of nitrogens with zero attached hydrogens (tertiary/aromatic N) is 4. The molecule has 2 aromatic rings. The zero-order valence-corrected chi connectivity index (χ0v) is 8.43. The molecule has 0 atom stereocenters. The largest absolute Gasteiger partial charge is 0.270 e. The van der Waals surface area contributed by atoms with Crippen LogP contribution in [0.3, 0.4) is 0 Å². The predicted octanol–water partition coefficient (Wildman–Crippen LogP) is 1.86. The van der Waals surface area contributed by atoms with Crippen molar-refractivity contribution < 1.29 is 0 Å². The fraction of sp³-hybridized carbons (Fsp3) is 0.364. The molecule has 1 aromatic carbocycles. The summed E-state index contributed by atoms with van der Waals surface area (Å²) < 4.78 is 1.87. The number of fused-ring (bicyclic) bond motifs is 1. The van der Waals surface area contributed by atoms with E-state index in [0.29, 0.717) is 0 Å². The van der Waals surface area contributed by atoms with Crippen LogP contribution in [-0.4, -0.2) is 27.4 Å². The molecule has 0 fully saturated rings. The lowest BCUT2D eigenvalue weighted by molar-refractivity contribution is 0.701. The van der Waals surface area contributed by atoms with E-state index in [1.165, 1.54) is 12.8 Å². The van der Waals surface area contributed by atoms with Gasteiger partial charge in [-0.05, 0) is 25.0 Å². The molecule has 1 aromatic heterocycles. The Morgan fingerprint density at radius 3 is 2.93 bits per heavy atom. The molecule has 1 aliphatic heterocycles. The van der Waals surface area contributed by atoms with Gasteiger partial charge >= 0.3 is 0 Å². The van der Waals surface area contributed by atoms with Crippen molar-refractivity contribution in [1.29, 1.82) is 0 Å². The van der Waals surface area contributed by atoms with E-state index < -0.39 is 0 Å². The highest BCUT2D eigenvalue weighted by Crippen LogP contribution is 2.13. The van der Waals surface area contributed by atoms with E-state index >= 15 is 0 Å². The van der Waals surface area contributed by atoms with Gasteiger partial charge in [0.05, 0.1) is 5.52 Å². The number of rotatable bonds is 0. The van der Waals surface area contributed by atoms with Crippen LogP contribution in [-0.2, 0) is 0 Å². The van der Waals surface area contributed by atoms with Gasteiger partial charge in [-0.3, -0.25) is 4.99 Å². The second kappa shape index (κ2) is 3.46. The molecule has 0 saturated carbocycles. The third-order valence-corrected chi connectivity index (χ3v) is 2.70. The van der Waals surface area contributed by atoms with Crippen molar-refractivity contribution in [3.05, 3.63) is 24.3 Å². The maximum atomic E-state index is 4.50. The highest BCUT2D eigenvalue weighted by molar-refractivity contribution is 5.92. The number of para-hydroxylation sites is 1. The van der Waals surface area contributed by atoms with Crippen molar-refractivity contribution in [3.8, 4) is 0 Å². The van der Waals surface area contributed by atoms with Gasteiger partial charge in [0.2, 0.25) is 0 Å². The van der Waals surface area contributed by atoms with Crippen molar-refractivity contribution in [1.82, 2.24) is 15.0 Å². The maximum Gasteiger partial charge on any atom is 0.127 e. The summed E-state index contributed by atoms with van der Waals surface area (Å²) in [6.45, 7) is 0.920. The third kappa shape index (κ3) is 1.42. The molecule has 0 unspecified atom stereocenters. The van der Waals surface area contributed by atoms with Crippen molar-refractivity contribution in [2.75, 3.05) is 6.54 Å². The smallest absolute Gasteiger partial charge is 0.127 e. The minimum absolute atomic E-state index is 0.920. The predicted molar refractivity (Wildman–Crippen MR) is 59.1 cm³/mol. The Bertz CT molecular complexity index is 512. The molecule has 15 heavy (non-hydrogen) atoms. The summed E-state index contributed by atoms with van der Waals surface area (Å²) >= 11 is 0. The van der Waals surface area contributed by atoms with Crippen molar-refractivity contribution >= 4 is 16.9 Å². The van der Waals surface area contributed by atoms with Gasteiger partial charge in [0.1, 0.15) is 11.4 Å². The summed E-state index contributed by atoms with van der Waals surface area (Å²) in [6.07, 6.45) is 3.40. The van der Waals surface area contributed by atoms with Gasteiger partial charge in [0, 0.05) is 13.0 Å². The van der Waals surface area contributed by atoms with Gasteiger partial charge < -0.3 is 0 Å². The Balaban J connectivity index is 2.14. The summed E-state index contributed by atoms with van der Waals surface area (Å²) in [4.78, 5) is 4.50. The van der Waals surface area contributed by atoms with Crippen LogP contribution in [0.15, 0.2) is 29.3 Å². The molecule has 0 aliphatic carbocycles. The van der Waals surface area contributed by atoms with E-state index in [1.54, 1.807) is 0 Å². The van der Waals surface area contributed by atoms with Gasteiger partial charge in [-0.1, -0.05) is 17.3 Å². The zero-order valence-electron chi connectivity index (χ0n) is 8.43. The summed E-state index contributed by atoms with van der Waals surface area (Å²) in [6, 6.07) is 7.99. The van der Waals surface area contributed by atoms with Crippen LogP contribution in [0.4, 0.5) is 0 Å². The van der Waals surface area contributed by atoms with Crippen LogP contribution >= 0.6 is 0 Å². The molecule has 0 amide bonds. The van der Waals surface area contributed by atoms with Crippen molar-refractivity contribution in [2.24, 2.45) is 4.99 Å². The third-order valence-electron chi connectivity index (χ3n) is 2.70. The maximum absolute atomic E-state index is 4.50. The fourth-order valence-corrected chi connectivity index (χ4v) is 1.91. The lowest BCUT2D eigenvalue weighted by atomic mass is 10.2. The molecule has 0 N–H and O–H groups in total. The Morgan fingerprint density at radius 1 is 1.13 bits per heavy atom. The van der Waals surface area contributed by atoms with E-state index in [1.807, 2.05) is 28.9 Å². The van der Waals surface area contributed by atoms with E-state index in [9.17, 15) is 0 Å². The summed E-state index contributed by atoms with van der Waals surface area (Å²) in [5, 5.41) is 8.28.